The van der Waals surface area contributed by atoms with E-state index in [0.29, 0.717) is 25.2 Å². The summed E-state index contributed by atoms with van der Waals surface area (Å²) >= 11 is 0. The highest BCUT2D eigenvalue weighted by atomic mass is 19.4. The average Bonchev–Trinajstić information content (AvgIpc) is 3.42. The molecule has 1 unspecified atom stereocenters. The van der Waals surface area contributed by atoms with E-state index in [-0.39, 0.29) is 22.9 Å². The summed E-state index contributed by atoms with van der Waals surface area (Å²) in [6.45, 7) is 4.57. The number of amides is 1. The Labute approximate surface area is 172 Å². The first-order chi connectivity index (χ1) is 14.2. The van der Waals surface area contributed by atoms with E-state index in [1.165, 1.54) is 36.0 Å². The second kappa shape index (κ2) is 7.54. The molecule has 2 fully saturated rings. The molecule has 0 saturated carbocycles. The van der Waals surface area contributed by atoms with Gasteiger partial charge < -0.3 is 4.90 Å². The molecule has 0 aliphatic carbocycles. The lowest BCUT2D eigenvalue weighted by Gasteiger charge is -2.25. The van der Waals surface area contributed by atoms with Gasteiger partial charge in [0, 0.05) is 44.7 Å². The Balaban J connectivity index is 1.38. The zero-order valence-electron chi connectivity index (χ0n) is 16.7. The molecule has 1 atom stereocenters. The number of rotatable bonds is 3. The molecule has 0 bridgehead atoms. The van der Waals surface area contributed by atoms with Gasteiger partial charge >= 0.3 is 12.2 Å². The number of hydrogen-bond acceptors (Lipinski definition) is 4. The van der Waals surface area contributed by atoms with Crippen LogP contribution < -0.4 is 0 Å². The van der Waals surface area contributed by atoms with E-state index < -0.39 is 11.7 Å². The van der Waals surface area contributed by atoms with Crippen molar-refractivity contribution in [1.29, 1.82) is 0 Å². The predicted molar refractivity (Wildman–Crippen MR) is 103 cm³/mol. The number of aromatic nitrogens is 2. The summed E-state index contributed by atoms with van der Waals surface area (Å²) in [4.78, 5) is 28.0. The number of alkyl halides is 3. The van der Waals surface area contributed by atoms with E-state index in [1.54, 1.807) is 11.0 Å². The van der Waals surface area contributed by atoms with Gasteiger partial charge in [-0.2, -0.15) is 23.0 Å². The van der Waals surface area contributed by atoms with Gasteiger partial charge in [-0.15, -0.1) is 0 Å². The van der Waals surface area contributed by atoms with E-state index in [9.17, 15) is 22.8 Å². The highest BCUT2D eigenvalue weighted by Gasteiger charge is 2.45. The van der Waals surface area contributed by atoms with Gasteiger partial charge in [-0.25, -0.2) is 4.79 Å². The second-order valence-electron chi connectivity index (χ2n) is 8.31. The van der Waals surface area contributed by atoms with Crippen molar-refractivity contribution < 1.29 is 22.8 Å². The zero-order valence-corrected chi connectivity index (χ0v) is 16.7. The molecule has 1 amide bonds. The number of Topliss-reactive ketones (excluding diaryl/α,β-unsaturated/α-hetero) is 1. The molecule has 1 aromatic carbocycles. The SMILES string of the molecule is CC(=O)c1ccn(C(=O)N2CCC3(CCN(Cc4cccc(C(F)(F)F)c4)C3)C2)n1. The van der Waals surface area contributed by atoms with Crippen LogP contribution in [0.1, 0.15) is 41.4 Å². The van der Waals surface area contributed by atoms with Gasteiger partial charge in [0.2, 0.25) is 0 Å². The number of likely N-dealkylation sites (tertiary alicyclic amines) is 2. The predicted octanol–water partition coefficient (Wildman–Crippen LogP) is 3.67. The van der Waals surface area contributed by atoms with Crippen molar-refractivity contribution in [2.75, 3.05) is 26.2 Å². The van der Waals surface area contributed by atoms with Gasteiger partial charge in [-0.1, -0.05) is 18.2 Å². The summed E-state index contributed by atoms with van der Waals surface area (Å²) in [5.74, 6) is -0.194. The van der Waals surface area contributed by atoms with Crippen LogP contribution in [0.15, 0.2) is 36.5 Å². The first kappa shape index (κ1) is 20.6. The monoisotopic (exact) mass is 420 g/mol. The van der Waals surface area contributed by atoms with Crippen LogP contribution in [-0.4, -0.2) is 57.6 Å². The van der Waals surface area contributed by atoms with Gasteiger partial charge in [0.1, 0.15) is 5.69 Å². The largest absolute Gasteiger partial charge is 0.416 e. The molecular formula is C21H23F3N4O2. The number of hydrogen-bond donors (Lipinski definition) is 0. The Bertz CT molecular complexity index is 971. The molecule has 3 heterocycles. The van der Waals surface area contributed by atoms with Crippen LogP contribution in [0, 0.1) is 5.41 Å². The molecule has 0 N–H and O–H groups in total. The van der Waals surface area contributed by atoms with Crippen LogP contribution >= 0.6 is 0 Å². The minimum Gasteiger partial charge on any atom is -0.322 e. The average molecular weight is 420 g/mol. The minimum atomic E-state index is -4.34. The van der Waals surface area contributed by atoms with Crippen molar-refractivity contribution in [1.82, 2.24) is 19.6 Å². The zero-order chi connectivity index (χ0) is 21.5. The number of ketones is 1. The fraction of sp³-hybridized carbons (Fsp3) is 0.476. The Kier molecular flexibility index (Phi) is 5.17. The molecule has 1 spiro atoms. The van der Waals surface area contributed by atoms with E-state index in [0.717, 1.165) is 32.0 Å². The molecule has 6 nitrogen and oxygen atoms in total. The first-order valence-corrected chi connectivity index (χ1v) is 9.90. The van der Waals surface area contributed by atoms with Crippen molar-refractivity contribution in [2.45, 2.75) is 32.5 Å². The molecule has 160 valence electrons. The van der Waals surface area contributed by atoms with Crippen molar-refractivity contribution >= 4 is 11.8 Å². The number of halogens is 3. The maximum atomic E-state index is 12.9. The summed E-state index contributed by atoms with van der Waals surface area (Å²) in [7, 11) is 0. The summed E-state index contributed by atoms with van der Waals surface area (Å²) in [5, 5.41) is 4.04. The third-order valence-corrected chi connectivity index (χ3v) is 6.03. The molecule has 2 aliphatic rings. The van der Waals surface area contributed by atoms with Crippen LogP contribution in [0.2, 0.25) is 0 Å². The van der Waals surface area contributed by atoms with Crippen LogP contribution in [-0.2, 0) is 12.7 Å². The highest BCUT2D eigenvalue weighted by molar-refractivity contribution is 5.92. The van der Waals surface area contributed by atoms with Gasteiger partial charge in [-0.3, -0.25) is 9.69 Å². The van der Waals surface area contributed by atoms with Gasteiger partial charge in [0.25, 0.3) is 0 Å². The van der Waals surface area contributed by atoms with Crippen LogP contribution in [0.3, 0.4) is 0 Å². The number of nitrogens with zero attached hydrogens (tertiary/aromatic N) is 4. The third-order valence-electron chi connectivity index (χ3n) is 6.03. The van der Waals surface area contributed by atoms with Crippen LogP contribution in [0.5, 0.6) is 0 Å². The summed E-state index contributed by atoms with van der Waals surface area (Å²) in [6, 6.07) is 6.73. The highest BCUT2D eigenvalue weighted by Crippen LogP contribution is 2.40. The smallest absolute Gasteiger partial charge is 0.322 e. The quantitative estimate of drug-likeness (QED) is 0.711. The Hall–Kier alpha value is -2.68. The molecule has 9 heteroatoms. The van der Waals surface area contributed by atoms with Gasteiger partial charge in [-0.05, 0) is 37.1 Å². The molecule has 4 rings (SSSR count). The van der Waals surface area contributed by atoms with Crippen LogP contribution in [0.4, 0.5) is 18.0 Å². The van der Waals surface area contributed by atoms with Crippen molar-refractivity contribution in [3.63, 3.8) is 0 Å². The van der Waals surface area contributed by atoms with E-state index in [1.807, 2.05) is 0 Å². The first-order valence-electron chi connectivity index (χ1n) is 9.90. The Morgan fingerprint density at radius 2 is 1.90 bits per heavy atom. The lowest BCUT2D eigenvalue weighted by molar-refractivity contribution is -0.137. The second-order valence-corrected chi connectivity index (χ2v) is 8.31. The van der Waals surface area contributed by atoms with E-state index >= 15 is 0 Å². The fourth-order valence-electron chi connectivity index (χ4n) is 4.46. The van der Waals surface area contributed by atoms with Crippen molar-refractivity contribution in [2.24, 2.45) is 5.41 Å². The molecule has 0 radical (unpaired) electrons. The summed E-state index contributed by atoms with van der Waals surface area (Å²) < 4.78 is 40.0. The van der Waals surface area contributed by atoms with E-state index in [4.69, 9.17) is 0 Å². The molecule has 30 heavy (non-hydrogen) atoms. The van der Waals surface area contributed by atoms with Crippen molar-refractivity contribution in [3.8, 4) is 0 Å². The molecular weight excluding hydrogens is 397 g/mol. The van der Waals surface area contributed by atoms with Crippen LogP contribution in [0.25, 0.3) is 0 Å². The number of carbonyl (C=O) groups is 2. The molecule has 2 aromatic rings. The topological polar surface area (TPSA) is 58.4 Å². The maximum absolute atomic E-state index is 12.9. The number of carbonyl (C=O) groups excluding carboxylic acids is 2. The maximum Gasteiger partial charge on any atom is 0.416 e. The third kappa shape index (κ3) is 4.12. The summed E-state index contributed by atoms with van der Waals surface area (Å²) in [6.07, 6.45) is -1.10. The molecule has 1 aromatic heterocycles. The summed E-state index contributed by atoms with van der Waals surface area (Å²) in [5.41, 5.74) is 0.218. The Morgan fingerprint density at radius 1 is 1.13 bits per heavy atom. The Morgan fingerprint density at radius 3 is 2.60 bits per heavy atom. The van der Waals surface area contributed by atoms with Gasteiger partial charge in [0.15, 0.2) is 5.78 Å². The van der Waals surface area contributed by atoms with Crippen molar-refractivity contribution in [3.05, 3.63) is 53.3 Å². The lowest BCUT2D eigenvalue weighted by atomic mass is 9.86. The van der Waals surface area contributed by atoms with Gasteiger partial charge in [0.05, 0.1) is 5.56 Å². The van der Waals surface area contributed by atoms with E-state index in [2.05, 4.69) is 10.00 Å². The lowest BCUT2D eigenvalue weighted by Crippen LogP contribution is -2.36. The normalized spacial score (nSPS) is 22.2. The standard InChI is InChI=1S/C21H23F3N4O2/c1-15(29)18-5-8-28(25-18)19(30)27-10-7-20(14-27)6-9-26(13-20)12-16-3-2-4-17(11-16)21(22,23)24/h2-5,8,11H,6-7,9-10,12-14H2,1H3. The fourth-order valence-corrected chi connectivity index (χ4v) is 4.46. The number of benzene rings is 1. The minimum absolute atomic E-state index is 0.0478. The molecule has 2 saturated heterocycles. The molecule has 2 aliphatic heterocycles.